The molecule has 14 heavy (non-hydrogen) atoms. The highest BCUT2D eigenvalue weighted by molar-refractivity contribution is 7.71. The minimum absolute atomic E-state index is 0.233. The first-order valence-corrected chi connectivity index (χ1v) is 5.36. The zero-order valence-corrected chi connectivity index (χ0v) is 9.45. The third-order valence-corrected chi connectivity index (χ3v) is 3.43. The Hall–Kier alpha value is -0.940. The predicted molar refractivity (Wildman–Crippen MR) is 60.7 cm³/mol. The Kier molecular flexibility index (Phi) is 2.28. The quantitative estimate of drug-likeness (QED) is 0.693. The standard InChI is InChI=1S/C9H9FN2S2/c1-11(2)12-5-7(10)6-3-4-14-8(6)9(12)13/h3-5H,1-2H3. The van der Waals surface area contributed by atoms with Gasteiger partial charge in [-0.1, -0.05) is 12.2 Å². The molecule has 0 saturated heterocycles. The summed E-state index contributed by atoms with van der Waals surface area (Å²) in [5, 5.41) is 4.21. The van der Waals surface area contributed by atoms with E-state index >= 15 is 0 Å². The predicted octanol–water partition coefficient (Wildman–Crippen LogP) is 2.77. The van der Waals surface area contributed by atoms with Crippen molar-refractivity contribution in [2.24, 2.45) is 0 Å². The minimum Gasteiger partial charge on any atom is -0.318 e. The van der Waals surface area contributed by atoms with Gasteiger partial charge in [-0.25, -0.2) is 4.39 Å². The molecule has 0 aliphatic rings. The van der Waals surface area contributed by atoms with Crippen LogP contribution in [-0.4, -0.2) is 18.8 Å². The van der Waals surface area contributed by atoms with E-state index < -0.39 is 0 Å². The van der Waals surface area contributed by atoms with Crippen molar-refractivity contribution in [2.75, 3.05) is 19.1 Å². The molecule has 0 fully saturated rings. The second kappa shape index (κ2) is 3.33. The lowest BCUT2D eigenvalue weighted by Gasteiger charge is -2.17. The summed E-state index contributed by atoms with van der Waals surface area (Å²) in [5.41, 5.74) is 0. The van der Waals surface area contributed by atoms with Crippen LogP contribution in [-0.2, 0) is 0 Å². The van der Waals surface area contributed by atoms with E-state index in [4.69, 9.17) is 12.2 Å². The van der Waals surface area contributed by atoms with Crippen LogP contribution in [0.5, 0.6) is 0 Å². The van der Waals surface area contributed by atoms with Crippen LogP contribution in [0.3, 0.4) is 0 Å². The van der Waals surface area contributed by atoms with Crippen LogP contribution in [0.1, 0.15) is 0 Å². The van der Waals surface area contributed by atoms with Gasteiger partial charge in [0.2, 0.25) is 0 Å². The molecule has 0 atom stereocenters. The number of nitrogens with zero attached hydrogens (tertiary/aromatic N) is 2. The zero-order chi connectivity index (χ0) is 10.3. The summed E-state index contributed by atoms with van der Waals surface area (Å²) in [7, 11) is 3.66. The Balaban J connectivity index is 2.89. The summed E-state index contributed by atoms with van der Waals surface area (Å²) in [4.78, 5) is 0. The molecule has 0 unspecified atom stereocenters. The molecule has 0 amide bonds. The monoisotopic (exact) mass is 228 g/mol. The number of aromatic nitrogens is 1. The molecule has 0 saturated carbocycles. The van der Waals surface area contributed by atoms with Gasteiger partial charge >= 0.3 is 0 Å². The van der Waals surface area contributed by atoms with Crippen molar-refractivity contribution in [3.63, 3.8) is 0 Å². The Morgan fingerprint density at radius 1 is 1.50 bits per heavy atom. The van der Waals surface area contributed by atoms with Crippen molar-refractivity contribution < 1.29 is 4.39 Å². The molecule has 2 heterocycles. The van der Waals surface area contributed by atoms with Crippen molar-refractivity contribution in [1.29, 1.82) is 0 Å². The van der Waals surface area contributed by atoms with Crippen LogP contribution in [0.2, 0.25) is 0 Å². The number of hydrogen-bond acceptors (Lipinski definition) is 3. The van der Waals surface area contributed by atoms with Crippen molar-refractivity contribution in [1.82, 2.24) is 4.68 Å². The first kappa shape index (κ1) is 9.61. The third kappa shape index (κ3) is 1.33. The van der Waals surface area contributed by atoms with E-state index in [-0.39, 0.29) is 5.82 Å². The van der Waals surface area contributed by atoms with E-state index in [0.717, 1.165) is 4.70 Å². The molecule has 2 nitrogen and oxygen atoms in total. The molecule has 0 aliphatic carbocycles. The maximum Gasteiger partial charge on any atom is 0.150 e. The van der Waals surface area contributed by atoms with Gasteiger partial charge in [0.25, 0.3) is 0 Å². The SMILES string of the molecule is CN(C)n1cc(F)c2ccsc2c1=S. The maximum absolute atomic E-state index is 13.5. The van der Waals surface area contributed by atoms with E-state index in [1.807, 2.05) is 19.5 Å². The van der Waals surface area contributed by atoms with Crippen molar-refractivity contribution >= 4 is 33.6 Å². The normalized spacial score (nSPS) is 10.8. The molecule has 0 radical (unpaired) electrons. The highest BCUT2D eigenvalue weighted by Crippen LogP contribution is 2.24. The smallest absolute Gasteiger partial charge is 0.150 e. The molecule has 5 heteroatoms. The molecule has 0 bridgehead atoms. The van der Waals surface area contributed by atoms with Crippen LogP contribution in [0.25, 0.3) is 10.1 Å². The molecule has 0 spiro atoms. The van der Waals surface area contributed by atoms with Crippen molar-refractivity contribution in [3.8, 4) is 0 Å². The molecule has 0 aliphatic heterocycles. The zero-order valence-electron chi connectivity index (χ0n) is 7.82. The fraction of sp³-hybridized carbons (Fsp3) is 0.222. The Labute approximate surface area is 90.2 Å². The fourth-order valence-electron chi connectivity index (χ4n) is 1.30. The van der Waals surface area contributed by atoms with Gasteiger partial charge in [0.1, 0.15) is 10.5 Å². The lowest BCUT2D eigenvalue weighted by molar-refractivity contribution is 0.604. The molecule has 74 valence electrons. The number of thiophene rings is 1. The van der Waals surface area contributed by atoms with Gasteiger partial charge in [-0.05, 0) is 11.4 Å². The van der Waals surface area contributed by atoms with Crippen LogP contribution in [0.4, 0.5) is 4.39 Å². The van der Waals surface area contributed by atoms with Crippen molar-refractivity contribution in [3.05, 3.63) is 28.1 Å². The lowest BCUT2D eigenvalue weighted by atomic mass is 10.3. The molecular weight excluding hydrogens is 219 g/mol. The highest BCUT2D eigenvalue weighted by atomic mass is 32.1. The van der Waals surface area contributed by atoms with Crippen LogP contribution >= 0.6 is 23.6 Å². The van der Waals surface area contributed by atoms with E-state index in [0.29, 0.717) is 10.0 Å². The second-order valence-electron chi connectivity index (χ2n) is 3.14. The number of pyridine rings is 1. The molecule has 0 N–H and O–H groups in total. The summed E-state index contributed by atoms with van der Waals surface area (Å²) in [6.45, 7) is 0. The average Bonchev–Trinajstić information content (AvgIpc) is 2.59. The van der Waals surface area contributed by atoms with Gasteiger partial charge in [0, 0.05) is 19.5 Å². The number of hydrogen-bond donors (Lipinski definition) is 0. The molecule has 2 aromatic rings. The molecular formula is C9H9FN2S2. The number of fused-ring (bicyclic) bond motifs is 1. The number of rotatable bonds is 1. The summed E-state index contributed by atoms with van der Waals surface area (Å²) in [5.74, 6) is -0.233. The molecule has 2 rings (SSSR count). The summed E-state index contributed by atoms with van der Waals surface area (Å²) in [6.07, 6.45) is 1.41. The van der Waals surface area contributed by atoms with Gasteiger partial charge in [-0.3, -0.25) is 4.68 Å². The lowest BCUT2D eigenvalue weighted by Crippen LogP contribution is -2.25. The Bertz CT molecular complexity index is 527. The third-order valence-electron chi connectivity index (χ3n) is 1.99. The fourth-order valence-corrected chi connectivity index (χ4v) is 2.60. The van der Waals surface area contributed by atoms with Gasteiger partial charge in [0.15, 0.2) is 0 Å². The number of halogens is 1. The highest BCUT2D eigenvalue weighted by Gasteiger charge is 2.07. The first-order valence-electron chi connectivity index (χ1n) is 4.07. The van der Waals surface area contributed by atoms with E-state index in [1.54, 1.807) is 15.8 Å². The maximum atomic E-state index is 13.5. The van der Waals surface area contributed by atoms with E-state index in [2.05, 4.69) is 0 Å². The van der Waals surface area contributed by atoms with Crippen molar-refractivity contribution in [2.45, 2.75) is 0 Å². The van der Waals surface area contributed by atoms with Crippen LogP contribution in [0.15, 0.2) is 17.6 Å². The molecule has 0 aromatic carbocycles. The summed E-state index contributed by atoms with van der Waals surface area (Å²) >= 11 is 6.72. The van der Waals surface area contributed by atoms with Gasteiger partial charge < -0.3 is 5.01 Å². The van der Waals surface area contributed by atoms with E-state index in [9.17, 15) is 4.39 Å². The topological polar surface area (TPSA) is 8.17 Å². The minimum atomic E-state index is -0.233. The largest absolute Gasteiger partial charge is 0.318 e. The Morgan fingerprint density at radius 2 is 2.21 bits per heavy atom. The Morgan fingerprint density at radius 3 is 2.86 bits per heavy atom. The second-order valence-corrected chi connectivity index (χ2v) is 4.44. The average molecular weight is 228 g/mol. The van der Waals surface area contributed by atoms with E-state index in [1.165, 1.54) is 17.5 Å². The van der Waals surface area contributed by atoms with Crippen LogP contribution < -0.4 is 5.01 Å². The van der Waals surface area contributed by atoms with Gasteiger partial charge in [-0.15, -0.1) is 11.3 Å². The first-order chi connectivity index (χ1) is 6.61. The summed E-state index contributed by atoms with van der Waals surface area (Å²) in [6, 6.07) is 1.76. The van der Waals surface area contributed by atoms with Gasteiger partial charge in [0.05, 0.1) is 10.9 Å². The molecule has 2 aromatic heterocycles. The summed E-state index contributed by atoms with van der Waals surface area (Å²) < 4.78 is 16.6. The van der Waals surface area contributed by atoms with Gasteiger partial charge in [-0.2, -0.15) is 0 Å². The van der Waals surface area contributed by atoms with Crippen LogP contribution in [0, 0.1) is 10.5 Å².